The molecular weight excluding hydrogens is 284 g/mol. The second-order valence-electron chi connectivity index (χ2n) is 5.12. The molecule has 3 aromatic rings. The zero-order valence-electron chi connectivity index (χ0n) is 12.5. The minimum Gasteiger partial charge on any atom is -0.323 e. The van der Waals surface area contributed by atoms with Gasteiger partial charge in [0, 0.05) is 22.3 Å². The second kappa shape index (κ2) is 6.71. The number of hydrogen-bond acceptors (Lipinski definition) is 3. The third kappa shape index (κ3) is 3.19. The lowest BCUT2D eigenvalue weighted by molar-refractivity contribution is 0.103. The van der Waals surface area contributed by atoms with E-state index in [9.17, 15) is 4.79 Å². The minimum absolute atomic E-state index is 0.00287. The molecule has 3 nitrogen and oxygen atoms in total. The molecule has 23 heavy (non-hydrogen) atoms. The third-order valence-electron chi connectivity index (χ3n) is 3.63. The first kappa shape index (κ1) is 14.7. The largest absolute Gasteiger partial charge is 0.323 e. The molecule has 0 aliphatic carbocycles. The molecule has 0 saturated carbocycles. The highest BCUT2D eigenvalue weighted by Crippen LogP contribution is 2.14. The molecular formula is C20H16N2O. The summed E-state index contributed by atoms with van der Waals surface area (Å²) in [5.74, 6) is 5.55. The molecule has 3 heteroatoms. The fraction of sp³-hybridized carbons (Fsp3) is 0. The quantitative estimate of drug-likeness (QED) is 0.346. The van der Waals surface area contributed by atoms with Crippen LogP contribution in [0.5, 0.6) is 0 Å². The van der Waals surface area contributed by atoms with Crippen molar-refractivity contribution >= 4 is 11.5 Å². The Hall–Kier alpha value is -3.20. The number of hydrogen-bond donors (Lipinski definition) is 1. The van der Waals surface area contributed by atoms with Crippen LogP contribution in [0.1, 0.15) is 27.0 Å². The molecule has 0 unspecified atom stereocenters. The Morgan fingerprint density at radius 3 is 1.52 bits per heavy atom. The summed E-state index contributed by atoms with van der Waals surface area (Å²) in [5.41, 5.74) is 3.84. The van der Waals surface area contributed by atoms with Gasteiger partial charge in [0.05, 0.1) is 5.71 Å². The monoisotopic (exact) mass is 300 g/mol. The zero-order chi connectivity index (χ0) is 16.1. The van der Waals surface area contributed by atoms with Gasteiger partial charge in [0.1, 0.15) is 0 Å². The minimum atomic E-state index is 0.00287. The lowest BCUT2D eigenvalue weighted by Crippen LogP contribution is -2.07. The molecule has 0 spiro atoms. The number of rotatable bonds is 4. The summed E-state index contributed by atoms with van der Waals surface area (Å²) in [7, 11) is 0. The van der Waals surface area contributed by atoms with Crippen LogP contribution in [0.4, 0.5) is 0 Å². The second-order valence-corrected chi connectivity index (χ2v) is 5.12. The van der Waals surface area contributed by atoms with Crippen molar-refractivity contribution in [1.82, 2.24) is 0 Å². The number of ketones is 1. The molecule has 0 aliphatic heterocycles. The molecule has 3 aromatic carbocycles. The number of hydrazone groups is 1. The molecule has 0 amide bonds. The van der Waals surface area contributed by atoms with Gasteiger partial charge in [0.15, 0.2) is 5.78 Å². The summed E-state index contributed by atoms with van der Waals surface area (Å²) in [4.78, 5) is 12.4. The smallest absolute Gasteiger partial charge is 0.193 e. The van der Waals surface area contributed by atoms with Gasteiger partial charge < -0.3 is 5.84 Å². The predicted molar refractivity (Wildman–Crippen MR) is 92.6 cm³/mol. The molecule has 3 rings (SSSR count). The van der Waals surface area contributed by atoms with Gasteiger partial charge in [-0.25, -0.2) is 0 Å². The van der Waals surface area contributed by atoms with Crippen LogP contribution < -0.4 is 5.84 Å². The Kier molecular flexibility index (Phi) is 4.29. The molecule has 0 saturated heterocycles. The van der Waals surface area contributed by atoms with Crippen molar-refractivity contribution in [3.8, 4) is 0 Å². The van der Waals surface area contributed by atoms with Crippen molar-refractivity contribution in [2.24, 2.45) is 10.9 Å². The van der Waals surface area contributed by atoms with Crippen LogP contribution >= 0.6 is 0 Å². The van der Waals surface area contributed by atoms with Gasteiger partial charge in [-0.3, -0.25) is 4.79 Å². The van der Waals surface area contributed by atoms with Crippen molar-refractivity contribution in [3.05, 3.63) is 107 Å². The summed E-state index contributed by atoms with van der Waals surface area (Å²) < 4.78 is 0. The summed E-state index contributed by atoms with van der Waals surface area (Å²) in [6.45, 7) is 0. The van der Waals surface area contributed by atoms with Crippen LogP contribution in [0, 0.1) is 0 Å². The lowest BCUT2D eigenvalue weighted by atomic mass is 9.98. The van der Waals surface area contributed by atoms with Gasteiger partial charge in [-0.15, -0.1) is 0 Å². The first-order valence-corrected chi connectivity index (χ1v) is 7.33. The van der Waals surface area contributed by atoms with Crippen molar-refractivity contribution in [3.63, 3.8) is 0 Å². The highest BCUT2D eigenvalue weighted by molar-refractivity contribution is 6.14. The standard InChI is InChI=1S/C20H16N2O/c21-22-19(15-7-3-1-4-8-15)16-11-13-18(14-12-16)20(23)17-9-5-2-6-10-17/h1-14H,21H2. The van der Waals surface area contributed by atoms with Gasteiger partial charge in [-0.2, -0.15) is 5.10 Å². The van der Waals surface area contributed by atoms with E-state index in [0.29, 0.717) is 16.8 Å². The van der Waals surface area contributed by atoms with Crippen LogP contribution in [0.2, 0.25) is 0 Å². The van der Waals surface area contributed by atoms with Gasteiger partial charge in [-0.05, 0) is 0 Å². The normalized spacial score (nSPS) is 11.2. The van der Waals surface area contributed by atoms with Crippen molar-refractivity contribution in [2.45, 2.75) is 0 Å². The maximum atomic E-state index is 12.4. The Morgan fingerprint density at radius 1 is 0.609 bits per heavy atom. The zero-order valence-corrected chi connectivity index (χ0v) is 12.5. The van der Waals surface area contributed by atoms with E-state index in [1.807, 2.05) is 72.8 Å². The number of benzene rings is 3. The fourth-order valence-electron chi connectivity index (χ4n) is 2.45. The van der Waals surface area contributed by atoms with Crippen molar-refractivity contribution in [1.29, 1.82) is 0 Å². The molecule has 0 aliphatic rings. The number of nitrogens with two attached hydrogens (primary N) is 1. The van der Waals surface area contributed by atoms with E-state index in [-0.39, 0.29) is 5.78 Å². The highest BCUT2D eigenvalue weighted by atomic mass is 16.1. The van der Waals surface area contributed by atoms with E-state index >= 15 is 0 Å². The first-order valence-electron chi connectivity index (χ1n) is 7.33. The average Bonchev–Trinajstić information content (AvgIpc) is 2.64. The fourth-order valence-corrected chi connectivity index (χ4v) is 2.45. The number of nitrogens with zero attached hydrogens (tertiary/aromatic N) is 1. The van der Waals surface area contributed by atoms with Crippen LogP contribution in [0.25, 0.3) is 0 Å². The van der Waals surface area contributed by atoms with Gasteiger partial charge in [-0.1, -0.05) is 84.9 Å². The van der Waals surface area contributed by atoms with Crippen LogP contribution in [0.3, 0.4) is 0 Å². The third-order valence-corrected chi connectivity index (χ3v) is 3.63. The topological polar surface area (TPSA) is 55.4 Å². The van der Waals surface area contributed by atoms with Crippen molar-refractivity contribution in [2.75, 3.05) is 0 Å². The molecule has 0 heterocycles. The molecule has 0 bridgehead atoms. The Morgan fingerprint density at radius 2 is 1.00 bits per heavy atom. The molecule has 112 valence electrons. The Labute approximate surface area is 135 Å². The highest BCUT2D eigenvalue weighted by Gasteiger charge is 2.10. The van der Waals surface area contributed by atoms with E-state index in [2.05, 4.69) is 5.10 Å². The van der Waals surface area contributed by atoms with E-state index < -0.39 is 0 Å². The van der Waals surface area contributed by atoms with Crippen molar-refractivity contribution < 1.29 is 4.79 Å². The summed E-state index contributed by atoms with van der Waals surface area (Å²) in [6, 6.07) is 26.3. The predicted octanol–water partition coefficient (Wildman–Crippen LogP) is 3.63. The molecule has 0 fully saturated rings. The Balaban J connectivity index is 1.89. The number of carbonyl (C=O) groups is 1. The molecule has 2 N–H and O–H groups in total. The van der Waals surface area contributed by atoms with E-state index in [4.69, 9.17) is 5.84 Å². The summed E-state index contributed by atoms with van der Waals surface area (Å²) >= 11 is 0. The maximum Gasteiger partial charge on any atom is 0.193 e. The molecule has 0 aromatic heterocycles. The van der Waals surface area contributed by atoms with Gasteiger partial charge in [0.25, 0.3) is 0 Å². The SMILES string of the molecule is NN=C(c1ccccc1)c1ccc(C(=O)c2ccccc2)cc1. The van der Waals surface area contributed by atoms with Gasteiger partial charge >= 0.3 is 0 Å². The summed E-state index contributed by atoms with van der Waals surface area (Å²) in [6.07, 6.45) is 0. The van der Waals surface area contributed by atoms with Crippen LogP contribution in [-0.4, -0.2) is 11.5 Å². The Bertz CT molecular complexity index is 823. The van der Waals surface area contributed by atoms with E-state index in [1.165, 1.54) is 0 Å². The van der Waals surface area contributed by atoms with E-state index in [1.54, 1.807) is 12.1 Å². The van der Waals surface area contributed by atoms with Crippen LogP contribution in [-0.2, 0) is 0 Å². The molecule has 0 radical (unpaired) electrons. The average molecular weight is 300 g/mol. The van der Waals surface area contributed by atoms with Crippen LogP contribution in [0.15, 0.2) is 90.0 Å². The lowest BCUT2D eigenvalue weighted by Gasteiger charge is -2.07. The summed E-state index contributed by atoms with van der Waals surface area (Å²) in [5, 5.41) is 3.89. The van der Waals surface area contributed by atoms with E-state index in [0.717, 1.165) is 11.1 Å². The van der Waals surface area contributed by atoms with Gasteiger partial charge in [0.2, 0.25) is 0 Å². The molecule has 0 atom stereocenters. The maximum absolute atomic E-state index is 12.4. The number of carbonyl (C=O) groups excluding carboxylic acids is 1. The first-order chi connectivity index (χ1) is 11.3.